The number of nitrogens with one attached hydrogen (secondary N) is 1. The number of phenolic OH excluding ortho intramolecular Hbond substituents is 2. The van der Waals surface area contributed by atoms with Crippen molar-refractivity contribution < 1.29 is 28.4 Å². The fourth-order valence-corrected chi connectivity index (χ4v) is 1.99. The highest BCUT2D eigenvalue weighted by molar-refractivity contribution is 7.85. The molecule has 0 aromatic heterocycles. The van der Waals surface area contributed by atoms with Crippen molar-refractivity contribution in [2.45, 2.75) is 11.8 Å². The Labute approximate surface area is 149 Å². The van der Waals surface area contributed by atoms with Crippen LogP contribution in [-0.2, 0) is 10.1 Å². The molecule has 0 atom stereocenters. The van der Waals surface area contributed by atoms with E-state index in [1.165, 1.54) is 36.5 Å². The summed E-state index contributed by atoms with van der Waals surface area (Å²) in [7, 11) is -4.02. The number of aromatic hydroxyl groups is 2. The third kappa shape index (κ3) is 7.17. The fraction of sp³-hybridized carbons (Fsp3) is 0.0667. The lowest BCUT2D eigenvalue weighted by Crippen LogP contribution is -2.27. The average Bonchev–Trinajstić information content (AvgIpc) is 2.58. The smallest absolute Gasteiger partial charge is 0.294 e. The molecule has 2 rings (SSSR count). The molecule has 0 aliphatic carbocycles. The van der Waals surface area contributed by atoms with Crippen LogP contribution in [0, 0.1) is 6.92 Å². The zero-order valence-electron chi connectivity index (χ0n) is 13.6. The van der Waals surface area contributed by atoms with Crippen molar-refractivity contribution in [3.8, 4) is 11.5 Å². The standard InChI is InChI=1S/C8H10N4O3.C7H8O3S/c9-8(12-15)11-10-4-5-1-2-6(13)7(14)3-5;1-6-2-4-7(5-3-6)11(8,9)10/h1-4,13-15H,(H3,9,11,12);2-5H,1H3,(H,8,9,10). The van der Waals surface area contributed by atoms with Crippen LogP contribution in [-0.4, -0.2) is 40.6 Å². The molecule has 7 N–H and O–H groups in total. The maximum Gasteiger partial charge on any atom is 0.294 e. The minimum Gasteiger partial charge on any atom is -0.504 e. The summed E-state index contributed by atoms with van der Waals surface area (Å²) in [5, 5.41) is 33.3. The molecule has 10 nitrogen and oxygen atoms in total. The van der Waals surface area contributed by atoms with Gasteiger partial charge in [0.05, 0.1) is 11.1 Å². The molecule has 0 saturated carbocycles. The quantitative estimate of drug-likeness (QED) is 0.149. The largest absolute Gasteiger partial charge is 0.504 e. The SMILES string of the molecule is Cc1ccc(S(=O)(=O)O)cc1.N/C(=N\N=Cc1ccc(O)c(O)c1)NO. The van der Waals surface area contributed by atoms with Crippen LogP contribution in [0.4, 0.5) is 0 Å². The molecule has 0 fully saturated rings. The highest BCUT2D eigenvalue weighted by atomic mass is 32.2. The number of phenols is 2. The van der Waals surface area contributed by atoms with Crippen molar-refractivity contribution in [3.05, 3.63) is 53.6 Å². The van der Waals surface area contributed by atoms with Crippen molar-refractivity contribution in [1.82, 2.24) is 5.48 Å². The van der Waals surface area contributed by atoms with Crippen molar-refractivity contribution in [3.63, 3.8) is 0 Å². The summed E-state index contributed by atoms with van der Waals surface area (Å²) >= 11 is 0. The second-order valence-corrected chi connectivity index (χ2v) is 6.30. The molecule has 0 spiro atoms. The van der Waals surface area contributed by atoms with Crippen LogP contribution in [0.2, 0.25) is 0 Å². The number of hydrogen-bond donors (Lipinski definition) is 6. The van der Waals surface area contributed by atoms with Gasteiger partial charge in [-0.1, -0.05) is 17.7 Å². The van der Waals surface area contributed by atoms with Gasteiger partial charge in [-0.2, -0.15) is 13.5 Å². The first-order valence-corrected chi connectivity index (χ1v) is 8.40. The molecule has 0 radical (unpaired) electrons. The van der Waals surface area contributed by atoms with Gasteiger partial charge in [0.1, 0.15) is 0 Å². The molecule has 2 aromatic rings. The summed E-state index contributed by atoms with van der Waals surface area (Å²) in [5.74, 6) is -0.724. The number of guanidine groups is 1. The molecule has 0 bridgehead atoms. The van der Waals surface area contributed by atoms with Crippen molar-refractivity contribution in [1.29, 1.82) is 0 Å². The minimum atomic E-state index is -4.02. The van der Waals surface area contributed by atoms with E-state index in [-0.39, 0.29) is 22.4 Å². The van der Waals surface area contributed by atoms with Crippen molar-refractivity contribution in [2.24, 2.45) is 15.9 Å². The summed E-state index contributed by atoms with van der Waals surface area (Å²) in [6.45, 7) is 1.84. The second kappa shape index (κ2) is 9.36. The third-order valence-corrected chi connectivity index (χ3v) is 3.67. The maximum absolute atomic E-state index is 10.5. The van der Waals surface area contributed by atoms with Crippen LogP contribution in [0.5, 0.6) is 11.5 Å². The molecule has 0 aliphatic rings. The first-order chi connectivity index (χ1) is 12.1. The van der Waals surface area contributed by atoms with Crippen LogP contribution in [0.3, 0.4) is 0 Å². The van der Waals surface area contributed by atoms with E-state index < -0.39 is 10.1 Å². The van der Waals surface area contributed by atoms with E-state index in [1.54, 1.807) is 17.6 Å². The Balaban J connectivity index is 0.000000273. The van der Waals surface area contributed by atoms with Crippen LogP contribution < -0.4 is 11.2 Å². The maximum atomic E-state index is 10.5. The van der Waals surface area contributed by atoms with Crippen LogP contribution in [0.25, 0.3) is 0 Å². The van der Waals surface area contributed by atoms with Gasteiger partial charge in [-0.15, -0.1) is 5.10 Å². The number of benzene rings is 2. The number of aryl methyl sites for hydroxylation is 1. The van der Waals surface area contributed by atoms with Gasteiger partial charge >= 0.3 is 0 Å². The zero-order valence-corrected chi connectivity index (χ0v) is 14.4. The van der Waals surface area contributed by atoms with E-state index in [2.05, 4.69) is 10.2 Å². The lowest BCUT2D eigenvalue weighted by Gasteiger charge is -1.97. The number of nitrogens with zero attached hydrogens (tertiary/aromatic N) is 2. The molecular weight excluding hydrogens is 364 g/mol. The van der Waals surface area contributed by atoms with E-state index in [1.807, 2.05) is 6.92 Å². The van der Waals surface area contributed by atoms with Gasteiger partial charge in [-0.05, 0) is 42.8 Å². The van der Waals surface area contributed by atoms with E-state index >= 15 is 0 Å². The lowest BCUT2D eigenvalue weighted by atomic mass is 10.2. The highest BCUT2D eigenvalue weighted by Crippen LogP contribution is 2.23. The summed E-state index contributed by atoms with van der Waals surface area (Å²) < 4.78 is 29.6. The topological polar surface area (TPSA) is 178 Å². The Morgan fingerprint density at radius 1 is 1.12 bits per heavy atom. The Hall–Kier alpha value is -3.15. The number of hydrogen-bond acceptors (Lipinski definition) is 7. The summed E-state index contributed by atoms with van der Waals surface area (Å²) in [6, 6.07) is 10.1. The first-order valence-electron chi connectivity index (χ1n) is 6.96. The third-order valence-electron chi connectivity index (χ3n) is 2.81. The minimum absolute atomic E-state index is 0.0666. The van der Waals surface area contributed by atoms with Crippen LogP contribution in [0.15, 0.2) is 57.6 Å². The summed E-state index contributed by atoms with van der Waals surface area (Å²) in [5.41, 5.74) is 8.16. The number of rotatable bonds is 3. The molecule has 0 aliphatic heterocycles. The monoisotopic (exact) mass is 382 g/mol. The predicted molar refractivity (Wildman–Crippen MR) is 94.9 cm³/mol. The molecule has 0 heterocycles. The van der Waals surface area contributed by atoms with Crippen molar-refractivity contribution >= 4 is 22.3 Å². The van der Waals surface area contributed by atoms with Crippen LogP contribution >= 0.6 is 0 Å². The normalized spacial score (nSPS) is 11.7. The van der Waals surface area contributed by atoms with Gasteiger partial charge in [0.15, 0.2) is 11.5 Å². The van der Waals surface area contributed by atoms with Gasteiger partial charge < -0.3 is 15.9 Å². The van der Waals surface area contributed by atoms with Crippen molar-refractivity contribution in [2.75, 3.05) is 0 Å². The molecular formula is C15H18N4O6S. The van der Waals surface area contributed by atoms with E-state index in [0.29, 0.717) is 5.56 Å². The van der Waals surface area contributed by atoms with E-state index in [9.17, 15) is 8.42 Å². The molecule has 11 heteroatoms. The molecule has 26 heavy (non-hydrogen) atoms. The molecule has 0 unspecified atom stereocenters. The van der Waals surface area contributed by atoms with Gasteiger partial charge in [-0.3, -0.25) is 9.76 Å². The van der Waals surface area contributed by atoms with Gasteiger partial charge in [0.2, 0.25) is 5.96 Å². The van der Waals surface area contributed by atoms with Gasteiger partial charge in [-0.25, -0.2) is 5.48 Å². The fourth-order valence-electron chi connectivity index (χ4n) is 1.51. The molecule has 2 aromatic carbocycles. The van der Waals surface area contributed by atoms with E-state index in [0.717, 1.165) is 5.56 Å². The molecule has 140 valence electrons. The predicted octanol–water partition coefficient (Wildman–Crippen LogP) is 0.967. The lowest BCUT2D eigenvalue weighted by molar-refractivity contribution is 0.232. The Morgan fingerprint density at radius 3 is 2.23 bits per heavy atom. The molecule has 0 saturated heterocycles. The molecule has 0 amide bonds. The van der Waals surface area contributed by atoms with Crippen LogP contribution in [0.1, 0.15) is 11.1 Å². The summed E-state index contributed by atoms with van der Waals surface area (Å²) in [4.78, 5) is -0.0666. The summed E-state index contributed by atoms with van der Waals surface area (Å²) in [6.07, 6.45) is 1.30. The number of hydroxylamine groups is 1. The highest BCUT2D eigenvalue weighted by Gasteiger charge is 2.06. The van der Waals surface area contributed by atoms with Gasteiger partial charge in [0, 0.05) is 0 Å². The Morgan fingerprint density at radius 2 is 1.73 bits per heavy atom. The second-order valence-electron chi connectivity index (χ2n) is 4.88. The average molecular weight is 382 g/mol. The Kier molecular flexibility index (Phi) is 7.52. The van der Waals surface area contributed by atoms with E-state index in [4.69, 9.17) is 25.7 Å². The Bertz CT molecular complexity index is 895. The van der Waals surface area contributed by atoms with Gasteiger partial charge in [0.25, 0.3) is 10.1 Å². The first kappa shape index (κ1) is 20.9. The zero-order chi connectivity index (χ0) is 19.7. The number of nitrogens with two attached hydrogens (primary N) is 1.